The lowest BCUT2D eigenvalue weighted by molar-refractivity contribution is 0.352. The maximum absolute atomic E-state index is 3.62. The summed E-state index contributed by atoms with van der Waals surface area (Å²) >= 11 is 0. The number of nitrogens with zero attached hydrogens (tertiary/aromatic N) is 1. The second-order valence-electron chi connectivity index (χ2n) is 4.94. The van der Waals surface area contributed by atoms with Gasteiger partial charge in [0.25, 0.3) is 0 Å². The van der Waals surface area contributed by atoms with Crippen LogP contribution in [-0.2, 0) is 6.42 Å². The molecule has 1 aromatic carbocycles. The van der Waals surface area contributed by atoms with Crippen molar-refractivity contribution < 1.29 is 0 Å². The van der Waals surface area contributed by atoms with Gasteiger partial charge in [-0.15, -0.1) is 0 Å². The number of likely N-dealkylation sites (tertiary alicyclic amines) is 1. The first-order valence-corrected chi connectivity index (χ1v) is 6.86. The lowest BCUT2D eigenvalue weighted by Crippen LogP contribution is -2.26. The third-order valence-electron chi connectivity index (χ3n) is 3.67. The van der Waals surface area contributed by atoms with Gasteiger partial charge in [-0.2, -0.15) is 0 Å². The van der Waals surface area contributed by atoms with Gasteiger partial charge < -0.3 is 10.2 Å². The summed E-state index contributed by atoms with van der Waals surface area (Å²) in [6.07, 6.45) is 3.86. The third kappa shape index (κ3) is 3.22. The summed E-state index contributed by atoms with van der Waals surface area (Å²) < 4.78 is 0. The summed E-state index contributed by atoms with van der Waals surface area (Å²) in [5.41, 5.74) is 4.16. The van der Waals surface area contributed by atoms with Crippen LogP contribution in [0, 0.1) is 6.92 Å². The van der Waals surface area contributed by atoms with Crippen LogP contribution in [0.25, 0.3) is 0 Å². The highest BCUT2D eigenvalue weighted by atomic mass is 15.1. The Balaban J connectivity index is 1.89. The maximum atomic E-state index is 3.62. The fourth-order valence-corrected chi connectivity index (χ4v) is 2.62. The van der Waals surface area contributed by atoms with Crippen molar-refractivity contribution in [2.75, 3.05) is 31.5 Å². The molecule has 0 atom stereocenters. The van der Waals surface area contributed by atoms with E-state index in [1.54, 1.807) is 0 Å². The zero-order valence-electron chi connectivity index (χ0n) is 11.1. The quantitative estimate of drug-likeness (QED) is 0.839. The van der Waals surface area contributed by atoms with Gasteiger partial charge in [0, 0.05) is 18.8 Å². The molecule has 1 fully saturated rings. The summed E-state index contributed by atoms with van der Waals surface area (Å²) in [6.45, 7) is 9.24. The minimum atomic E-state index is 1.07. The maximum Gasteiger partial charge on any atom is 0.0402 e. The first-order valence-electron chi connectivity index (χ1n) is 6.86. The molecular formula is C15H24N2. The summed E-state index contributed by atoms with van der Waals surface area (Å²) in [7, 11) is 0. The topological polar surface area (TPSA) is 15.3 Å². The van der Waals surface area contributed by atoms with Crippen molar-refractivity contribution in [2.24, 2.45) is 0 Å². The summed E-state index contributed by atoms with van der Waals surface area (Å²) in [6, 6.07) is 6.57. The minimum absolute atomic E-state index is 1.07. The molecule has 1 aliphatic rings. The number of aryl methyl sites for hydroxylation is 2. The predicted molar refractivity (Wildman–Crippen MR) is 74.7 cm³/mol. The highest BCUT2D eigenvalue weighted by molar-refractivity contribution is 5.57. The van der Waals surface area contributed by atoms with Crippen molar-refractivity contribution in [1.82, 2.24) is 4.90 Å². The molecule has 0 saturated carbocycles. The molecule has 2 rings (SSSR count). The molecule has 1 saturated heterocycles. The average Bonchev–Trinajstić information content (AvgIpc) is 2.84. The van der Waals surface area contributed by atoms with Crippen molar-refractivity contribution in [2.45, 2.75) is 33.1 Å². The minimum Gasteiger partial charge on any atom is -0.383 e. The number of para-hydroxylation sites is 1. The first kappa shape index (κ1) is 12.4. The van der Waals surface area contributed by atoms with Gasteiger partial charge in [0.2, 0.25) is 0 Å². The van der Waals surface area contributed by atoms with E-state index in [0.29, 0.717) is 0 Å². The summed E-state index contributed by atoms with van der Waals surface area (Å²) in [5.74, 6) is 0. The van der Waals surface area contributed by atoms with Crippen LogP contribution in [0.15, 0.2) is 18.2 Å². The number of hydrogen-bond acceptors (Lipinski definition) is 2. The average molecular weight is 232 g/mol. The van der Waals surface area contributed by atoms with Crippen molar-refractivity contribution in [3.8, 4) is 0 Å². The van der Waals surface area contributed by atoms with E-state index < -0.39 is 0 Å². The molecule has 2 nitrogen and oxygen atoms in total. The van der Waals surface area contributed by atoms with E-state index >= 15 is 0 Å². The Hall–Kier alpha value is -1.02. The van der Waals surface area contributed by atoms with Gasteiger partial charge in [0.05, 0.1) is 0 Å². The number of nitrogens with one attached hydrogen (secondary N) is 1. The number of anilines is 1. The molecule has 94 valence electrons. The molecule has 0 spiro atoms. The van der Waals surface area contributed by atoms with Crippen LogP contribution in [0.5, 0.6) is 0 Å². The molecule has 0 amide bonds. The van der Waals surface area contributed by atoms with Crippen LogP contribution in [0.2, 0.25) is 0 Å². The Bertz CT molecular complexity index is 354. The zero-order chi connectivity index (χ0) is 12.1. The van der Waals surface area contributed by atoms with Gasteiger partial charge in [-0.05, 0) is 50.4 Å². The van der Waals surface area contributed by atoms with Gasteiger partial charge in [-0.3, -0.25) is 0 Å². The molecule has 0 aliphatic carbocycles. The Morgan fingerprint density at radius 2 is 2.00 bits per heavy atom. The lowest BCUT2D eigenvalue weighted by atomic mass is 10.1. The van der Waals surface area contributed by atoms with E-state index in [2.05, 4.69) is 42.3 Å². The second-order valence-corrected chi connectivity index (χ2v) is 4.94. The van der Waals surface area contributed by atoms with Gasteiger partial charge in [0.1, 0.15) is 0 Å². The van der Waals surface area contributed by atoms with Crippen molar-refractivity contribution in [3.63, 3.8) is 0 Å². The molecule has 0 aromatic heterocycles. The highest BCUT2D eigenvalue weighted by Gasteiger charge is 2.10. The standard InChI is InChI=1S/C15H24N2/c1-3-14-8-6-7-13(2)15(14)16-9-12-17-10-4-5-11-17/h6-8,16H,3-5,9-12H2,1-2H3. The first-order chi connectivity index (χ1) is 8.31. The van der Waals surface area contributed by atoms with Gasteiger partial charge in [-0.25, -0.2) is 0 Å². The summed E-state index contributed by atoms with van der Waals surface area (Å²) in [4.78, 5) is 2.55. The number of hydrogen-bond donors (Lipinski definition) is 1. The smallest absolute Gasteiger partial charge is 0.0402 e. The van der Waals surface area contributed by atoms with Gasteiger partial charge >= 0.3 is 0 Å². The van der Waals surface area contributed by atoms with E-state index in [9.17, 15) is 0 Å². The van der Waals surface area contributed by atoms with Gasteiger partial charge in [0.15, 0.2) is 0 Å². The molecule has 0 radical (unpaired) electrons. The van der Waals surface area contributed by atoms with Gasteiger partial charge in [-0.1, -0.05) is 25.1 Å². The zero-order valence-corrected chi connectivity index (χ0v) is 11.1. The van der Waals surface area contributed by atoms with Crippen LogP contribution < -0.4 is 5.32 Å². The molecule has 0 unspecified atom stereocenters. The molecule has 1 heterocycles. The molecule has 17 heavy (non-hydrogen) atoms. The molecule has 1 aromatic rings. The molecule has 1 aliphatic heterocycles. The molecule has 2 heteroatoms. The number of rotatable bonds is 5. The van der Waals surface area contributed by atoms with E-state index in [1.165, 1.54) is 49.3 Å². The predicted octanol–water partition coefficient (Wildman–Crippen LogP) is 3.07. The monoisotopic (exact) mass is 232 g/mol. The highest BCUT2D eigenvalue weighted by Crippen LogP contribution is 2.20. The number of benzene rings is 1. The van der Waals surface area contributed by atoms with Crippen molar-refractivity contribution >= 4 is 5.69 Å². The molecule has 1 N–H and O–H groups in total. The molecule has 0 bridgehead atoms. The SMILES string of the molecule is CCc1cccc(C)c1NCCN1CCCC1. The second kappa shape index (κ2) is 6.06. The van der Waals surface area contributed by atoms with E-state index in [1.807, 2.05) is 0 Å². The largest absolute Gasteiger partial charge is 0.383 e. The van der Waals surface area contributed by atoms with Crippen LogP contribution >= 0.6 is 0 Å². The van der Waals surface area contributed by atoms with Crippen molar-refractivity contribution in [1.29, 1.82) is 0 Å². The van der Waals surface area contributed by atoms with E-state index in [-0.39, 0.29) is 0 Å². The van der Waals surface area contributed by atoms with Crippen molar-refractivity contribution in [3.05, 3.63) is 29.3 Å². The fraction of sp³-hybridized carbons (Fsp3) is 0.600. The van der Waals surface area contributed by atoms with Crippen LogP contribution in [-0.4, -0.2) is 31.1 Å². The van der Waals surface area contributed by atoms with E-state index in [4.69, 9.17) is 0 Å². The lowest BCUT2D eigenvalue weighted by Gasteiger charge is -2.18. The Kier molecular flexibility index (Phi) is 4.43. The normalized spacial score (nSPS) is 16.4. The van der Waals surface area contributed by atoms with Crippen LogP contribution in [0.3, 0.4) is 0 Å². The van der Waals surface area contributed by atoms with Crippen LogP contribution in [0.1, 0.15) is 30.9 Å². The van der Waals surface area contributed by atoms with Crippen LogP contribution in [0.4, 0.5) is 5.69 Å². The molecular weight excluding hydrogens is 208 g/mol. The third-order valence-corrected chi connectivity index (χ3v) is 3.67. The Morgan fingerprint density at radius 3 is 2.71 bits per heavy atom. The van der Waals surface area contributed by atoms with E-state index in [0.717, 1.165) is 13.0 Å². The Labute approximate surface area is 105 Å². The fourth-order valence-electron chi connectivity index (χ4n) is 2.62. The summed E-state index contributed by atoms with van der Waals surface area (Å²) in [5, 5.41) is 3.62. The Morgan fingerprint density at radius 1 is 1.24 bits per heavy atom.